The number of nitrogens with one attached hydrogen (secondary N) is 1. The topological polar surface area (TPSA) is 15.3 Å². The van der Waals surface area contributed by atoms with Crippen LogP contribution in [0.4, 0.5) is 10.1 Å². The van der Waals surface area contributed by atoms with E-state index in [2.05, 4.69) is 44.0 Å². The lowest BCUT2D eigenvalue weighted by Crippen LogP contribution is -2.35. The third-order valence-corrected chi connectivity index (χ3v) is 4.48. The van der Waals surface area contributed by atoms with E-state index in [1.165, 1.54) is 12.8 Å². The molecule has 0 aromatic heterocycles. The Labute approximate surface area is 128 Å². The number of halogens is 1. The van der Waals surface area contributed by atoms with Crippen molar-refractivity contribution in [1.82, 2.24) is 5.32 Å². The van der Waals surface area contributed by atoms with Gasteiger partial charge in [0.2, 0.25) is 0 Å². The van der Waals surface area contributed by atoms with Crippen molar-refractivity contribution >= 4 is 5.69 Å². The second kappa shape index (κ2) is 7.26. The minimum Gasteiger partial charge on any atom is -0.366 e. The Morgan fingerprint density at radius 3 is 2.76 bits per heavy atom. The van der Waals surface area contributed by atoms with Crippen molar-refractivity contribution in [1.29, 1.82) is 0 Å². The third kappa shape index (κ3) is 3.76. The van der Waals surface area contributed by atoms with E-state index < -0.39 is 0 Å². The zero-order valence-electron chi connectivity index (χ0n) is 13.8. The zero-order chi connectivity index (χ0) is 15.4. The van der Waals surface area contributed by atoms with Crippen molar-refractivity contribution in [3.8, 4) is 0 Å². The first-order valence-electron chi connectivity index (χ1n) is 8.31. The molecule has 1 aliphatic rings. The average molecular weight is 292 g/mol. The maximum Gasteiger partial charge on any atom is 0.129 e. The summed E-state index contributed by atoms with van der Waals surface area (Å²) in [4.78, 5) is 2.44. The lowest BCUT2D eigenvalue weighted by Gasteiger charge is -2.32. The predicted octanol–water partition coefficient (Wildman–Crippen LogP) is 4.34. The molecule has 0 amide bonds. The Morgan fingerprint density at radius 2 is 2.10 bits per heavy atom. The van der Waals surface area contributed by atoms with E-state index >= 15 is 0 Å². The van der Waals surface area contributed by atoms with Gasteiger partial charge in [0.25, 0.3) is 0 Å². The minimum atomic E-state index is -0.0855. The largest absolute Gasteiger partial charge is 0.366 e. The molecule has 1 heterocycles. The molecule has 0 radical (unpaired) electrons. The van der Waals surface area contributed by atoms with Crippen LogP contribution in [-0.2, 0) is 6.54 Å². The van der Waals surface area contributed by atoms with E-state index in [0.717, 1.165) is 24.2 Å². The molecular formula is C18H29FN2. The van der Waals surface area contributed by atoms with E-state index in [0.29, 0.717) is 24.5 Å². The highest BCUT2D eigenvalue weighted by molar-refractivity contribution is 5.56. The maximum absolute atomic E-state index is 14.3. The summed E-state index contributed by atoms with van der Waals surface area (Å²) in [5.74, 6) is 0.493. The fourth-order valence-corrected chi connectivity index (χ4v) is 3.36. The summed E-state index contributed by atoms with van der Waals surface area (Å²) in [5, 5.41) is 3.39. The number of hydrogen-bond acceptors (Lipinski definition) is 2. The Balaban J connectivity index is 2.24. The van der Waals surface area contributed by atoms with Crippen molar-refractivity contribution in [2.75, 3.05) is 11.4 Å². The van der Waals surface area contributed by atoms with Crippen LogP contribution in [0.3, 0.4) is 0 Å². The summed E-state index contributed by atoms with van der Waals surface area (Å²) >= 11 is 0. The van der Waals surface area contributed by atoms with E-state index in [9.17, 15) is 4.39 Å². The van der Waals surface area contributed by atoms with Crippen LogP contribution in [0.1, 0.15) is 52.5 Å². The van der Waals surface area contributed by atoms with Gasteiger partial charge in [0.15, 0.2) is 0 Å². The molecule has 21 heavy (non-hydrogen) atoms. The molecule has 2 nitrogen and oxygen atoms in total. The van der Waals surface area contributed by atoms with Gasteiger partial charge < -0.3 is 10.2 Å². The summed E-state index contributed by atoms with van der Waals surface area (Å²) < 4.78 is 14.3. The molecular weight excluding hydrogens is 263 g/mol. The van der Waals surface area contributed by atoms with Gasteiger partial charge >= 0.3 is 0 Å². The van der Waals surface area contributed by atoms with Crippen LogP contribution < -0.4 is 10.2 Å². The number of rotatable bonds is 6. The fourth-order valence-electron chi connectivity index (χ4n) is 3.36. The predicted molar refractivity (Wildman–Crippen MR) is 88.2 cm³/mol. The Hall–Kier alpha value is -1.09. The molecule has 118 valence electrons. The molecule has 1 fully saturated rings. The maximum atomic E-state index is 14.3. The van der Waals surface area contributed by atoms with Gasteiger partial charge in [-0.3, -0.25) is 0 Å². The summed E-state index contributed by atoms with van der Waals surface area (Å²) in [5.41, 5.74) is 1.91. The van der Waals surface area contributed by atoms with Crippen molar-refractivity contribution in [2.45, 2.75) is 65.6 Å². The zero-order valence-corrected chi connectivity index (χ0v) is 13.8. The van der Waals surface area contributed by atoms with Crippen LogP contribution in [0.15, 0.2) is 18.2 Å². The first kappa shape index (κ1) is 16.3. The number of benzene rings is 1. The second-order valence-electron chi connectivity index (χ2n) is 6.66. The van der Waals surface area contributed by atoms with Crippen molar-refractivity contribution < 1.29 is 4.39 Å². The summed E-state index contributed by atoms with van der Waals surface area (Å²) in [6, 6.07) is 6.55. The highest BCUT2D eigenvalue weighted by Gasteiger charge is 2.31. The first-order valence-corrected chi connectivity index (χ1v) is 8.31. The standard InChI is InChI=1S/C18H29FN2/c1-5-15-10-9-14(4)21(15)18-8-6-7-17(19)16(18)12-20-11-13(2)3/h6-8,13-15,20H,5,9-12H2,1-4H3. The van der Waals surface area contributed by atoms with Crippen molar-refractivity contribution in [3.63, 3.8) is 0 Å². The Bertz CT molecular complexity index is 459. The molecule has 2 rings (SSSR count). The van der Waals surface area contributed by atoms with Crippen molar-refractivity contribution in [3.05, 3.63) is 29.6 Å². The van der Waals surface area contributed by atoms with Gasteiger partial charge in [0.05, 0.1) is 0 Å². The molecule has 2 unspecified atom stereocenters. The summed E-state index contributed by atoms with van der Waals surface area (Å²) in [6.07, 6.45) is 3.54. The molecule has 2 atom stereocenters. The first-order chi connectivity index (χ1) is 10.0. The van der Waals surface area contributed by atoms with Crippen LogP contribution in [0.2, 0.25) is 0 Å². The molecule has 1 aliphatic heterocycles. The van der Waals surface area contributed by atoms with E-state index in [1.807, 2.05) is 6.07 Å². The van der Waals surface area contributed by atoms with Crippen molar-refractivity contribution in [2.24, 2.45) is 5.92 Å². The number of hydrogen-bond donors (Lipinski definition) is 1. The molecule has 0 bridgehead atoms. The number of anilines is 1. The van der Waals surface area contributed by atoms with Gasteiger partial charge in [0.1, 0.15) is 5.82 Å². The van der Waals surface area contributed by atoms with Crippen LogP contribution in [0.25, 0.3) is 0 Å². The smallest absolute Gasteiger partial charge is 0.129 e. The molecule has 0 saturated carbocycles. The fraction of sp³-hybridized carbons (Fsp3) is 0.667. The van der Waals surface area contributed by atoms with Crippen LogP contribution >= 0.6 is 0 Å². The van der Waals surface area contributed by atoms with Gasteiger partial charge in [-0.1, -0.05) is 26.8 Å². The van der Waals surface area contributed by atoms with Crippen LogP contribution in [-0.4, -0.2) is 18.6 Å². The second-order valence-corrected chi connectivity index (χ2v) is 6.66. The highest BCUT2D eigenvalue weighted by Crippen LogP contribution is 2.35. The Morgan fingerprint density at radius 1 is 1.33 bits per heavy atom. The Kier molecular flexibility index (Phi) is 5.63. The van der Waals surface area contributed by atoms with Gasteiger partial charge in [-0.25, -0.2) is 4.39 Å². The molecule has 3 heteroatoms. The SMILES string of the molecule is CCC1CCC(C)N1c1cccc(F)c1CNCC(C)C. The quantitative estimate of drug-likeness (QED) is 0.839. The van der Waals surface area contributed by atoms with E-state index in [4.69, 9.17) is 0 Å². The minimum absolute atomic E-state index is 0.0855. The third-order valence-electron chi connectivity index (χ3n) is 4.48. The van der Waals surface area contributed by atoms with Gasteiger partial charge in [0, 0.05) is 29.9 Å². The summed E-state index contributed by atoms with van der Waals surface area (Å²) in [7, 11) is 0. The summed E-state index contributed by atoms with van der Waals surface area (Å²) in [6.45, 7) is 10.4. The molecule has 0 aliphatic carbocycles. The molecule has 1 aromatic carbocycles. The lowest BCUT2D eigenvalue weighted by molar-refractivity contribution is 0.531. The molecule has 1 N–H and O–H groups in total. The monoisotopic (exact) mass is 292 g/mol. The molecule has 1 saturated heterocycles. The lowest BCUT2D eigenvalue weighted by atomic mass is 10.1. The van der Waals surface area contributed by atoms with Gasteiger partial charge in [-0.05, 0) is 50.8 Å². The van der Waals surface area contributed by atoms with Crippen LogP contribution in [0, 0.1) is 11.7 Å². The van der Waals surface area contributed by atoms with Gasteiger partial charge in [-0.15, -0.1) is 0 Å². The number of nitrogens with zero attached hydrogens (tertiary/aromatic N) is 1. The highest BCUT2D eigenvalue weighted by atomic mass is 19.1. The van der Waals surface area contributed by atoms with Crippen LogP contribution in [0.5, 0.6) is 0 Å². The molecule has 1 aromatic rings. The van der Waals surface area contributed by atoms with E-state index in [-0.39, 0.29) is 5.82 Å². The molecule has 0 spiro atoms. The average Bonchev–Trinajstić information content (AvgIpc) is 2.81. The normalized spacial score (nSPS) is 22.3. The van der Waals surface area contributed by atoms with E-state index in [1.54, 1.807) is 6.07 Å². The van der Waals surface area contributed by atoms with Gasteiger partial charge in [-0.2, -0.15) is 0 Å².